The molecule has 1 fully saturated rings. The smallest absolute Gasteiger partial charge is 0.214 e. The highest BCUT2D eigenvalue weighted by Gasteiger charge is 2.28. The largest absolute Gasteiger partial charge is 0.396 e. The van der Waals surface area contributed by atoms with Crippen LogP contribution in [0.5, 0.6) is 0 Å². The van der Waals surface area contributed by atoms with Crippen LogP contribution < -0.4 is 0 Å². The molecule has 1 aliphatic heterocycles. The lowest BCUT2D eigenvalue weighted by Crippen LogP contribution is -2.42. The van der Waals surface area contributed by atoms with Crippen LogP contribution in [-0.4, -0.2) is 43.3 Å². The number of sulfonamides is 1. The highest BCUT2D eigenvalue weighted by molar-refractivity contribution is 7.89. The molecule has 1 aromatic rings. The van der Waals surface area contributed by atoms with Gasteiger partial charge in [0.15, 0.2) is 0 Å². The summed E-state index contributed by atoms with van der Waals surface area (Å²) in [5.74, 6) is 0.245. The first kappa shape index (κ1) is 14.5. The van der Waals surface area contributed by atoms with Crippen molar-refractivity contribution in [1.29, 1.82) is 0 Å². The van der Waals surface area contributed by atoms with E-state index in [4.69, 9.17) is 5.11 Å². The van der Waals surface area contributed by atoms with Gasteiger partial charge in [0.1, 0.15) is 0 Å². The number of aryl methyl sites for hydroxylation is 1. The third-order valence-electron chi connectivity index (χ3n) is 3.62. The summed E-state index contributed by atoms with van der Waals surface area (Å²) in [5, 5.41) is 9.16. The van der Waals surface area contributed by atoms with Crippen LogP contribution in [0.2, 0.25) is 0 Å². The fourth-order valence-electron chi connectivity index (χ4n) is 2.45. The summed E-state index contributed by atoms with van der Waals surface area (Å²) in [7, 11) is -3.20. The first-order valence-corrected chi connectivity index (χ1v) is 8.35. The van der Waals surface area contributed by atoms with Gasteiger partial charge in [0, 0.05) is 19.7 Å². The monoisotopic (exact) mass is 283 g/mol. The first-order chi connectivity index (χ1) is 9.12. The number of hydrogen-bond donors (Lipinski definition) is 1. The molecule has 19 heavy (non-hydrogen) atoms. The van der Waals surface area contributed by atoms with E-state index >= 15 is 0 Å². The van der Waals surface area contributed by atoms with E-state index in [-0.39, 0.29) is 18.3 Å². The Labute approximate surface area is 115 Å². The van der Waals surface area contributed by atoms with Crippen molar-refractivity contribution in [1.82, 2.24) is 4.31 Å². The zero-order valence-electron chi connectivity index (χ0n) is 11.0. The van der Waals surface area contributed by atoms with E-state index in [1.807, 2.05) is 30.3 Å². The molecule has 1 unspecified atom stereocenters. The van der Waals surface area contributed by atoms with E-state index < -0.39 is 10.0 Å². The van der Waals surface area contributed by atoms with Gasteiger partial charge in [0.05, 0.1) is 5.75 Å². The predicted molar refractivity (Wildman–Crippen MR) is 75.3 cm³/mol. The van der Waals surface area contributed by atoms with Gasteiger partial charge in [-0.1, -0.05) is 30.3 Å². The number of benzene rings is 1. The number of hydrogen-bond acceptors (Lipinski definition) is 3. The third kappa shape index (κ3) is 4.03. The average molecular weight is 283 g/mol. The van der Waals surface area contributed by atoms with E-state index in [9.17, 15) is 8.42 Å². The van der Waals surface area contributed by atoms with Gasteiger partial charge in [0.2, 0.25) is 10.0 Å². The van der Waals surface area contributed by atoms with Crippen LogP contribution in [0.15, 0.2) is 30.3 Å². The summed E-state index contributed by atoms with van der Waals surface area (Å²) in [6.07, 6.45) is 2.31. The Morgan fingerprint density at radius 3 is 2.68 bits per heavy atom. The maximum atomic E-state index is 12.3. The minimum Gasteiger partial charge on any atom is -0.396 e. The lowest BCUT2D eigenvalue weighted by Gasteiger charge is -2.30. The third-order valence-corrected chi connectivity index (χ3v) is 5.46. The molecule has 1 saturated heterocycles. The predicted octanol–water partition coefficient (Wildman–Crippen LogP) is 1.26. The van der Waals surface area contributed by atoms with Crippen LogP contribution in [0.25, 0.3) is 0 Å². The minimum absolute atomic E-state index is 0.0741. The lowest BCUT2D eigenvalue weighted by molar-refractivity contribution is 0.165. The quantitative estimate of drug-likeness (QED) is 0.885. The Kier molecular flexibility index (Phi) is 4.96. The molecule has 5 heteroatoms. The van der Waals surface area contributed by atoms with Gasteiger partial charge < -0.3 is 5.11 Å². The van der Waals surface area contributed by atoms with Crippen molar-refractivity contribution in [2.24, 2.45) is 5.92 Å². The summed E-state index contributed by atoms with van der Waals surface area (Å²) < 4.78 is 26.1. The fraction of sp³-hybridized carbons (Fsp3) is 0.571. The molecule has 4 nitrogen and oxygen atoms in total. The molecule has 0 bridgehead atoms. The molecule has 0 radical (unpaired) electrons. The van der Waals surface area contributed by atoms with Crippen LogP contribution in [0.4, 0.5) is 0 Å². The molecule has 1 atom stereocenters. The Balaban J connectivity index is 1.94. The highest BCUT2D eigenvalue weighted by atomic mass is 32.2. The SMILES string of the molecule is O=S(=O)(CCc1ccccc1)N1CCCC(CO)C1. The van der Waals surface area contributed by atoms with Gasteiger partial charge in [-0.3, -0.25) is 0 Å². The molecule has 1 aromatic carbocycles. The molecular formula is C14H21NO3S. The van der Waals surface area contributed by atoms with Gasteiger partial charge in [-0.2, -0.15) is 0 Å². The molecule has 0 aliphatic carbocycles. The number of rotatable bonds is 5. The van der Waals surface area contributed by atoms with E-state index in [0.29, 0.717) is 19.5 Å². The number of aliphatic hydroxyl groups excluding tert-OH is 1. The number of aliphatic hydroxyl groups is 1. The first-order valence-electron chi connectivity index (χ1n) is 6.74. The van der Waals surface area contributed by atoms with E-state index in [1.54, 1.807) is 4.31 Å². The zero-order valence-corrected chi connectivity index (χ0v) is 11.8. The molecule has 0 spiro atoms. The molecular weight excluding hydrogens is 262 g/mol. The van der Waals surface area contributed by atoms with Gasteiger partial charge in [-0.15, -0.1) is 0 Å². The highest BCUT2D eigenvalue weighted by Crippen LogP contribution is 2.19. The second-order valence-electron chi connectivity index (χ2n) is 5.10. The Hall–Kier alpha value is -0.910. The second kappa shape index (κ2) is 6.50. The van der Waals surface area contributed by atoms with Gasteiger partial charge >= 0.3 is 0 Å². The molecule has 0 aromatic heterocycles. The topological polar surface area (TPSA) is 57.6 Å². The normalized spacial score (nSPS) is 21.4. The molecule has 1 heterocycles. The van der Waals surface area contributed by atoms with Gasteiger partial charge in [-0.05, 0) is 30.7 Å². The average Bonchev–Trinajstić information content (AvgIpc) is 2.46. The number of nitrogens with zero attached hydrogens (tertiary/aromatic N) is 1. The summed E-state index contributed by atoms with van der Waals surface area (Å²) in [5.41, 5.74) is 1.04. The van der Waals surface area contributed by atoms with Crippen LogP contribution in [0.3, 0.4) is 0 Å². The summed E-state index contributed by atoms with van der Waals surface area (Å²) in [6, 6.07) is 9.66. The standard InChI is InChI=1S/C14H21NO3S/c16-12-14-7-4-9-15(11-14)19(17,18)10-8-13-5-2-1-3-6-13/h1-3,5-6,14,16H,4,7-12H2. The molecule has 106 valence electrons. The molecule has 2 rings (SSSR count). The molecule has 1 N–H and O–H groups in total. The number of piperidine rings is 1. The van der Waals surface area contributed by atoms with Gasteiger partial charge in [0.25, 0.3) is 0 Å². The van der Waals surface area contributed by atoms with E-state index in [0.717, 1.165) is 18.4 Å². The van der Waals surface area contributed by atoms with Crippen molar-refractivity contribution >= 4 is 10.0 Å². The van der Waals surface area contributed by atoms with Crippen molar-refractivity contribution in [3.8, 4) is 0 Å². The van der Waals surface area contributed by atoms with Crippen molar-refractivity contribution in [2.45, 2.75) is 19.3 Å². The lowest BCUT2D eigenvalue weighted by atomic mass is 10.0. The van der Waals surface area contributed by atoms with Crippen molar-refractivity contribution < 1.29 is 13.5 Å². The maximum absolute atomic E-state index is 12.3. The Morgan fingerprint density at radius 2 is 2.00 bits per heavy atom. The van der Waals surface area contributed by atoms with Crippen LogP contribution >= 0.6 is 0 Å². The fourth-order valence-corrected chi connectivity index (χ4v) is 4.05. The van der Waals surface area contributed by atoms with Crippen molar-refractivity contribution in [3.63, 3.8) is 0 Å². The maximum Gasteiger partial charge on any atom is 0.214 e. The molecule has 0 amide bonds. The van der Waals surface area contributed by atoms with Gasteiger partial charge in [-0.25, -0.2) is 12.7 Å². The Bertz CT molecular complexity index is 487. The minimum atomic E-state index is -3.20. The molecule has 1 aliphatic rings. The summed E-state index contributed by atoms with van der Waals surface area (Å²) in [6.45, 7) is 1.13. The second-order valence-corrected chi connectivity index (χ2v) is 7.19. The summed E-state index contributed by atoms with van der Waals surface area (Å²) >= 11 is 0. The van der Waals surface area contributed by atoms with E-state index in [1.165, 1.54) is 0 Å². The molecule has 0 saturated carbocycles. The van der Waals surface area contributed by atoms with Crippen molar-refractivity contribution in [2.75, 3.05) is 25.4 Å². The van der Waals surface area contributed by atoms with Crippen molar-refractivity contribution in [3.05, 3.63) is 35.9 Å². The van der Waals surface area contributed by atoms with Crippen LogP contribution in [0, 0.1) is 5.92 Å². The summed E-state index contributed by atoms with van der Waals surface area (Å²) in [4.78, 5) is 0. The van der Waals surface area contributed by atoms with Crippen LogP contribution in [0.1, 0.15) is 18.4 Å². The van der Waals surface area contributed by atoms with E-state index in [2.05, 4.69) is 0 Å². The Morgan fingerprint density at radius 1 is 1.26 bits per heavy atom. The zero-order chi connectivity index (χ0) is 13.7. The van der Waals surface area contributed by atoms with Crippen LogP contribution in [-0.2, 0) is 16.4 Å².